The van der Waals surface area contributed by atoms with Crippen molar-refractivity contribution >= 4 is 29.6 Å². The number of aromatic nitrogens is 2. The Balaban J connectivity index is 2.34. The highest BCUT2D eigenvalue weighted by Gasteiger charge is 2.20. The molecule has 144 valence electrons. The lowest BCUT2D eigenvalue weighted by atomic mass is 10.1. The number of nitrogens with zero attached hydrogens (tertiary/aromatic N) is 1. The Labute approximate surface area is 148 Å². The van der Waals surface area contributed by atoms with Crippen LogP contribution in [0.2, 0.25) is 0 Å². The summed E-state index contributed by atoms with van der Waals surface area (Å²) < 4.78 is 0. The maximum absolute atomic E-state index is 11.8. The molecule has 26 heavy (non-hydrogen) atoms. The molecule has 1 atom stereocenters. The third-order valence-corrected chi connectivity index (χ3v) is 3.68. The van der Waals surface area contributed by atoms with Gasteiger partial charge < -0.3 is 27.0 Å². The van der Waals surface area contributed by atoms with Crippen LogP contribution in [0.3, 0.4) is 0 Å². The van der Waals surface area contributed by atoms with Gasteiger partial charge in [0.1, 0.15) is 11.9 Å². The number of carbonyl (C=O) groups is 3. The molecule has 1 rings (SSSR count). The van der Waals surface area contributed by atoms with Crippen molar-refractivity contribution in [3.8, 4) is 0 Å². The number of carboxylic acids is 2. The molecule has 0 spiro atoms. The number of hydrogen-bond donors (Lipinski definition) is 6. The molecule has 0 aromatic carbocycles. The number of carbonyl (C=O) groups excluding carboxylic acids is 1. The first-order valence-corrected chi connectivity index (χ1v) is 8.08. The number of unbranched alkanes of at least 4 members (excludes halogenated alkanes) is 2. The van der Waals surface area contributed by atoms with E-state index in [1.807, 2.05) is 0 Å². The summed E-state index contributed by atoms with van der Waals surface area (Å²) in [7, 11) is 0. The Morgan fingerprint density at radius 1 is 1.12 bits per heavy atom. The lowest BCUT2D eigenvalue weighted by Gasteiger charge is -2.13. The summed E-state index contributed by atoms with van der Waals surface area (Å²) in [5.74, 6) is -2.84. The van der Waals surface area contributed by atoms with Gasteiger partial charge in [-0.2, -0.15) is 4.98 Å². The molecule has 8 N–H and O–H groups in total. The fourth-order valence-corrected chi connectivity index (χ4v) is 2.33. The average molecular weight is 369 g/mol. The van der Waals surface area contributed by atoms with Crippen LogP contribution >= 0.6 is 0 Å². The predicted octanol–water partition coefficient (Wildman–Crippen LogP) is -0.529. The van der Waals surface area contributed by atoms with Gasteiger partial charge in [-0.1, -0.05) is 6.42 Å². The van der Waals surface area contributed by atoms with E-state index in [-0.39, 0.29) is 31.0 Å². The van der Waals surface area contributed by atoms with E-state index in [0.717, 1.165) is 0 Å². The van der Waals surface area contributed by atoms with Gasteiger partial charge >= 0.3 is 11.9 Å². The first-order valence-electron chi connectivity index (χ1n) is 8.08. The molecule has 11 nitrogen and oxygen atoms in total. The lowest BCUT2D eigenvalue weighted by Crippen LogP contribution is -2.41. The molecule has 1 heterocycles. The number of rotatable bonds is 11. The fraction of sp³-hybridized carbons (Fsp3) is 0.533. The molecule has 1 aromatic heterocycles. The molecule has 0 aliphatic carbocycles. The number of nitrogen functional groups attached to an aromatic ring is 2. The van der Waals surface area contributed by atoms with E-state index in [2.05, 4.69) is 15.3 Å². The highest BCUT2D eigenvalue weighted by atomic mass is 16.4. The van der Waals surface area contributed by atoms with Crippen molar-refractivity contribution in [1.29, 1.82) is 0 Å². The van der Waals surface area contributed by atoms with Crippen LogP contribution in [0.15, 0.2) is 4.79 Å². The molecule has 0 bridgehead atoms. The molecule has 0 fully saturated rings. The van der Waals surface area contributed by atoms with Crippen molar-refractivity contribution in [2.24, 2.45) is 0 Å². The summed E-state index contributed by atoms with van der Waals surface area (Å²) in [5, 5.41) is 19.9. The van der Waals surface area contributed by atoms with Crippen molar-refractivity contribution in [2.75, 3.05) is 11.5 Å². The molecular weight excluding hydrogens is 346 g/mol. The van der Waals surface area contributed by atoms with E-state index in [4.69, 9.17) is 21.7 Å². The minimum atomic E-state index is -1.27. The first kappa shape index (κ1) is 20.9. The molecule has 0 saturated heterocycles. The fourth-order valence-electron chi connectivity index (χ4n) is 2.33. The Morgan fingerprint density at radius 3 is 2.38 bits per heavy atom. The predicted molar refractivity (Wildman–Crippen MR) is 92.3 cm³/mol. The number of amides is 1. The number of hydrogen-bond acceptors (Lipinski definition) is 7. The van der Waals surface area contributed by atoms with Crippen LogP contribution in [0.25, 0.3) is 0 Å². The van der Waals surface area contributed by atoms with E-state index < -0.39 is 29.4 Å². The number of aromatic amines is 1. The second-order valence-corrected chi connectivity index (χ2v) is 5.77. The molecule has 0 radical (unpaired) electrons. The summed E-state index contributed by atoms with van der Waals surface area (Å²) in [4.78, 5) is 51.1. The van der Waals surface area contributed by atoms with E-state index in [0.29, 0.717) is 31.2 Å². The minimum Gasteiger partial charge on any atom is -0.481 e. The van der Waals surface area contributed by atoms with Crippen LogP contribution in [-0.4, -0.2) is 44.1 Å². The minimum absolute atomic E-state index is 0.0520. The third-order valence-electron chi connectivity index (χ3n) is 3.68. The highest BCUT2D eigenvalue weighted by Crippen LogP contribution is 2.10. The van der Waals surface area contributed by atoms with Crippen LogP contribution < -0.4 is 22.3 Å². The number of nitrogens with two attached hydrogens (primary N) is 2. The molecule has 11 heteroatoms. The maximum Gasteiger partial charge on any atom is 0.326 e. The first-order chi connectivity index (χ1) is 12.2. The monoisotopic (exact) mass is 369 g/mol. The summed E-state index contributed by atoms with van der Waals surface area (Å²) in [5.41, 5.74) is 11.0. The zero-order chi connectivity index (χ0) is 19.7. The van der Waals surface area contributed by atoms with Crippen molar-refractivity contribution in [1.82, 2.24) is 15.3 Å². The van der Waals surface area contributed by atoms with Crippen molar-refractivity contribution < 1.29 is 24.6 Å². The van der Waals surface area contributed by atoms with Crippen LogP contribution in [0.4, 0.5) is 11.8 Å². The number of H-pyrrole nitrogens is 1. The van der Waals surface area contributed by atoms with Gasteiger partial charge in [-0.25, -0.2) is 4.79 Å². The number of nitrogens with one attached hydrogen (secondary N) is 2. The van der Waals surface area contributed by atoms with E-state index in [1.54, 1.807) is 0 Å². The quantitative estimate of drug-likeness (QED) is 0.277. The van der Waals surface area contributed by atoms with E-state index in [1.165, 1.54) is 0 Å². The normalized spacial score (nSPS) is 11.7. The maximum atomic E-state index is 11.8. The van der Waals surface area contributed by atoms with Crippen LogP contribution in [-0.2, 0) is 20.8 Å². The zero-order valence-electron chi connectivity index (χ0n) is 14.2. The van der Waals surface area contributed by atoms with Gasteiger partial charge in [0.25, 0.3) is 5.56 Å². The van der Waals surface area contributed by atoms with Gasteiger partial charge in [-0.05, 0) is 25.7 Å². The SMILES string of the molecule is Nc1nc(N)c(CCCCCC(=O)N[C@@H](CCC(=O)O)C(=O)O)c(=O)[nH]1. The van der Waals surface area contributed by atoms with Crippen molar-refractivity contribution in [2.45, 2.75) is 51.0 Å². The van der Waals surface area contributed by atoms with Gasteiger partial charge in [-0.3, -0.25) is 19.4 Å². The van der Waals surface area contributed by atoms with Gasteiger partial charge in [0, 0.05) is 12.8 Å². The lowest BCUT2D eigenvalue weighted by molar-refractivity contribution is -0.143. The van der Waals surface area contributed by atoms with Gasteiger partial charge in [-0.15, -0.1) is 0 Å². The molecule has 1 amide bonds. The highest BCUT2D eigenvalue weighted by molar-refractivity contribution is 5.83. The molecule has 0 saturated carbocycles. The van der Waals surface area contributed by atoms with Crippen molar-refractivity contribution in [3.05, 3.63) is 15.9 Å². The summed E-state index contributed by atoms with van der Waals surface area (Å²) >= 11 is 0. The molecule has 0 aliphatic heterocycles. The number of carboxylic acid groups (broad SMARTS) is 2. The average Bonchev–Trinajstić information content (AvgIpc) is 2.52. The van der Waals surface area contributed by atoms with Gasteiger partial charge in [0.15, 0.2) is 0 Å². The molecular formula is C15H23N5O6. The summed E-state index contributed by atoms with van der Waals surface area (Å²) in [6.45, 7) is 0. The second-order valence-electron chi connectivity index (χ2n) is 5.77. The largest absolute Gasteiger partial charge is 0.481 e. The standard InChI is InChI=1S/C15H23N5O6/c16-12-8(13(24)20-15(17)19-12)4-2-1-3-5-10(21)18-9(14(25)26)6-7-11(22)23/h9H,1-7H2,(H,18,21)(H,22,23)(H,25,26)(H5,16,17,19,20,24)/t9-/m0/s1. The van der Waals surface area contributed by atoms with E-state index in [9.17, 15) is 19.2 Å². The summed E-state index contributed by atoms with van der Waals surface area (Å²) in [6.07, 6.45) is 1.65. The molecule has 0 aliphatic rings. The van der Waals surface area contributed by atoms with Crippen LogP contribution in [0, 0.1) is 0 Å². The zero-order valence-corrected chi connectivity index (χ0v) is 14.2. The Morgan fingerprint density at radius 2 is 1.81 bits per heavy atom. The number of anilines is 2. The third kappa shape index (κ3) is 7.20. The molecule has 0 unspecified atom stereocenters. The van der Waals surface area contributed by atoms with E-state index >= 15 is 0 Å². The topological polar surface area (TPSA) is 201 Å². The Hall–Kier alpha value is -3.11. The Bertz CT molecular complexity index is 717. The second kappa shape index (κ2) is 10.0. The summed E-state index contributed by atoms with van der Waals surface area (Å²) in [6, 6.07) is -1.22. The Kier molecular flexibility index (Phi) is 8.06. The smallest absolute Gasteiger partial charge is 0.326 e. The van der Waals surface area contributed by atoms with Gasteiger partial charge in [0.2, 0.25) is 11.9 Å². The van der Waals surface area contributed by atoms with Gasteiger partial charge in [0.05, 0.1) is 5.56 Å². The molecule has 1 aromatic rings. The number of aliphatic carboxylic acids is 2. The van der Waals surface area contributed by atoms with Crippen LogP contribution in [0.1, 0.15) is 44.1 Å². The van der Waals surface area contributed by atoms with Crippen molar-refractivity contribution in [3.63, 3.8) is 0 Å². The van der Waals surface area contributed by atoms with Crippen LogP contribution in [0.5, 0.6) is 0 Å².